The molecule has 0 unspecified atom stereocenters. The van der Waals surface area contributed by atoms with Gasteiger partial charge in [0.15, 0.2) is 0 Å². The van der Waals surface area contributed by atoms with Gasteiger partial charge in [0.2, 0.25) is 0 Å². The first-order valence-corrected chi connectivity index (χ1v) is 5.60. The van der Waals surface area contributed by atoms with Crippen molar-refractivity contribution in [3.63, 3.8) is 0 Å². The van der Waals surface area contributed by atoms with Crippen LogP contribution in [0.1, 0.15) is 23.2 Å². The second kappa shape index (κ2) is 4.71. The van der Waals surface area contributed by atoms with Gasteiger partial charge in [0.1, 0.15) is 5.82 Å². The number of hydrogen-bond donors (Lipinski definition) is 2. The lowest BCUT2D eigenvalue weighted by Crippen LogP contribution is -2.37. The summed E-state index contributed by atoms with van der Waals surface area (Å²) in [5.41, 5.74) is 6.06. The first-order valence-electron chi connectivity index (χ1n) is 5.60. The fourth-order valence-electron chi connectivity index (χ4n) is 2.18. The number of likely N-dealkylation sites (tertiary alicyclic amines) is 1. The molecule has 1 saturated heterocycles. The van der Waals surface area contributed by atoms with Crippen LogP contribution in [0.5, 0.6) is 0 Å². The van der Waals surface area contributed by atoms with Gasteiger partial charge in [-0.3, -0.25) is 4.79 Å². The van der Waals surface area contributed by atoms with Gasteiger partial charge in [-0.1, -0.05) is 0 Å². The number of rotatable bonds is 2. The van der Waals surface area contributed by atoms with Crippen LogP contribution in [0.3, 0.4) is 0 Å². The molecule has 0 radical (unpaired) electrons. The van der Waals surface area contributed by atoms with E-state index >= 15 is 0 Å². The molecule has 1 heterocycles. The quantitative estimate of drug-likeness (QED) is 0.755. The van der Waals surface area contributed by atoms with Crippen molar-refractivity contribution in [3.8, 4) is 0 Å². The Morgan fingerprint density at radius 3 is 3.00 bits per heavy atom. The Balaban J connectivity index is 2.24. The number of nitrogens with two attached hydrogens (primary N) is 1. The zero-order valence-corrected chi connectivity index (χ0v) is 9.40. The molecule has 5 heteroatoms. The van der Waals surface area contributed by atoms with Crippen LogP contribution >= 0.6 is 0 Å². The van der Waals surface area contributed by atoms with Crippen molar-refractivity contribution in [2.45, 2.75) is 18.9 Å². The third-order valence-corrected chi connectivity index (χ3v) is 3.09. The van der Waals surface area contributed by atoms with Gasteiger partial charge in [-0.25, -0.2) is 4.39 Å². The summed E-state index contributed by atoms with van der Waals surface area (Å²) in [7, 11) is 0. The fraction of sp³-hybridized carbons (Fsp3) is 0.417. The molecule has 0 bridgehead atoms. The lowest BCUT2D eigenvalue weighted by molar-refractivity contribution is 0.0678. The Labute approximate surface area is 98.8 Å². The Morgan fingerprint density at radius 2 is 2.35 bits per heavy atom. The summed E-state index contributed by atoms with van der Waals surface area (Å²) in [6.45, 7) is 0.563. The number of halogens is 1. The van der Waals surface area contributed by atoms with E-state index in [-0.39, 0.29) is 24.2 Å². The summed E-state index contributed by atoms with van der Waals surface area (Å²) < 4.78 is 12.9. The number of benzene rings is 1. The fourth-order valence-corrected chi connectivity index (χ4v) is 2.18. The molecule has 0 saturated carbocycles. The third kappa shape index (κ3) is 2.24. The lowest BCUT2D eigenvalue weighted by atomic mass is 10.1. The van der Waals surface area contributed by atoms with E-state index in [1.165, 1.54) is 12.1 Å². The molecular formula is C12H15FN2O2. The maximum atomic E-state index is 12.9. The minimum Gasteiger partial charge on any atom is -0.398 e. The summed E-state index contributed by atoms with van der Waals surface area (Å²) in [6, 6.07) is 3.59. The number of aliphatic hydroxyl groups excluding tert-OH is 1. The molecule has 1 amide bonds. The molecule has 0 aromatic heterocycles. The zero-order chi connectivity index (χ0) is 12.4. The molecule has 4 nitrogen and oxygen atoms in total. The molecule has 2 rings (SSSR count). The molecule has 1 aliphatic heterocycles. The van der Waals surface area contributed by atoms with E-state index in [1.54, 1.807) is 4.90 Å². The van der Waals surface area contributed by atoms with Crippen LogP contribution < -0.4 is 5.73 Å². The van der Waals surface area contributed by atoms with Crippen molar-refractivity contribution in [2.24, 2.45) is 0 Å². The van der Waals surface area contributed by atoms with E-state index in [2.05, 4.69) is 0 Å². The molecule has 17 heavy (non-hydrogen) atoms. The third-order valence-electron chi connectivity index (χ3n) is 3.09. The number of aliphatic hydroxyl groups is 1. The number of hydrogen-bond acceptors (Lipinski definition) is 3. The highest BCUT2D eigenvalue weighted by molar-refractivity contribution is 5.99. The summed E-state index contributed by atoms with van der Waals surface area (Å²) in [5, 5.41) is 9.16. The van der Waals surface area contributed by atoms with Crippen molar-refractivity contribution in [1.29, 1.82) is 0 Å². The average molecular weight is 238 g/mol. The number of amides is 1. The predicted octanol–water partition coefficient (Wildman–Crippen LogP) is 1.00. The number of carbonyl (C=O) groups excluding carboxylic acids is 1. The largest absolute Gasteiger partial charge is 0.398 e. The van der Waals surface area contributed by atoms with Crippen molar-refractivity contribution >= 4 is 11.6 Å². The van der Waals surface area contributed by atoms with E-state index in [9.17, 15) is 9.18 Å². The first kappa shape index (κ1) is 11.9. The Kier molecular flexibility index (Phi) is 3.28. The monoisotopic (exact) mass is 238 g/mol. The van der Waals surface area contributed by atoms with Crippen molar-refractivity contribution in [3.05, 3.63) is 29.6 Å². The van der Waals surface area contributed by atoms with Gasteiger partial charge in [-0.05, 0) is 31.0 Å². The summed E-state index contributed by atoms with van der Waals surface area (Å²) in [5.74, 6) is -0.696. The first-order chi connectivity index (χ1) is 8.13. The van der Waals surface area contributed by atoms with E-state index in [4.69, 9.17) is 10.8 Å². The van der Waals surface area contributed by atoms with Crippen molar-refractivity contribution in [2.75, 3.05) is 18.9 Å². The summed E-state index contributed by atoms with van der Waals surface area (Å²) in [6.07, 6.45) is 1.67. The van der Waals surface area contributed by atoms with E-state index in [1.807, 2.05) is 0 Å². The van der Waals surface area contributed by atoms with Crippen LogP contribution in [0.2, 0.25) is 0 Å². The van der Waals surface area contributed by atoms with Crippen LogP contribution in [-0.2, 0) is 0 Å². The molecule has 0 aliphatic carbocycles. The highest BCUT2D eigenvalue weighted by atomic mass is 19.1. The van der Waals surface area contributed by atoms with E-state index < -0.39 is 5.82 Å². The highest BCUT2D eigenvalue weighted by Crippen LogP contribution is 2.22. The maximum absolute atomic E-state index is 12.9. The van der Waals surface area contributed by atoms with Gasteiger partial charge in [0.25, 0.3) is 5.91 Å². The minimum absolute atomic E-state index is 0.0488. The van der Waals surface area contributed by atoms with Crippen LogP contribution in [0.4, 0.5) is 10.1 Å². The minimum atomic E-state index is -0.459. The van der Waals surface area contributed by atoms with E-state index in [0.717, 1.165) is 18.9 Å². The topological polar surface area (TPSA) is 66.6 Å². The number of nitrogens with zero attached hydrogens (tertiary/aromatic N) is 1. The average Bonchev–Trinajstić information content (AvgIpc) is 2.76. The van der Waals surface area contributed by atoms with Gasteiger partial charge >= 0.3 is 0 Å². The Hall–Kier alpha value is -1.62. The van der Waals surface area contributed by atoms with Crippen LogP contribution in [-0.4, -0.2) is 35.1 Å². The molecule has 1 aliphatic rings. The molecule has 1 aromatic carbocycles. The van der Waals surface area contributed by atoms with Crippen molar-refractivity contribution < 1.29 is 14.3 Å². The van der Waals surface area contributed by atoms with Gasteiger partial charge in [-0.15, -0.1) is 0 Å². The molecule has 3 N–H and O–H groups in total. The summed E-state index contributed by atoms with van der Waals surface area (Å²) in [4.78, 5) is 13.8. The van der Waals surface area contributed by atoms with Gasteiger partial charge < -0.3 is 15.7 Å². The normalized spacial score (nSPS) is 19.6. The molecule has 1 aromatic rings. The zero-order valence-electron chi connectivity index (χ0n) is 9.40. The Bertz CT molecular complexity index is 437. The molecular weight excluding hydrogens is 223 g/mol. The SMILES string of the molecule is Nc1cc(F)ccc1C(=O)N1CCC[C@H]1CO. The second-order valence-corrected chi connectivity index (χ2v) is 4.21. The van der Waals surface area contributed by atoms with E-state index in [0.29, 0.717) is 12.1 Å². The van der Waals surface area contributed by atoms with Crippen LogP contribution in [0.15, 0.2) is 18.2 Å². The van der Waals surface area contributed by atoms with Gasteiger partial charge in [0, 0.05) is 12.2 Å². The molecule has 1 atom stereocenters. The predicted molar refractivity (Wildman–Crippen MR) is 62.0 cm³/mol. The summed E-state index contributed by atoms with van der Waals surface area (Å²) >= 11 is 0. The maximum Gasteiger partial charge on any atom is 0.256 e. The highest BCUT2D eigenvalue weighted by Gasteiger charge is 2.29. The molecule has 0 spiro atoms. The number of carbonyl (C=O) groups is 1. The molecule has 1 fully saturated rings. The van der Waals surface area contributed by atoms with Crippen molar-refractivity contribution in [1.82, 2.24) is 4.90 Å². The van der Waals surface area contributed by atoms with Crippen LogP contribution in [0, 0.1) is 5.82 Å². The Morgan fingerprint density at radius 1 is 1.59 bits per heavy atom. The standard InChI is InChI=1S/C12H15FN2O2/c13-8-3-4-10(11(14)6-8)12(17)15-5-1-2-9(15)7-16/h3-4,6,9,16H,1-2,5,7,14H2/t9-/m0/s1. The molecule has 92 valence electrons. The van der Waals surface area contributed by atoms with Gasteiger partial charge in [0.05, 0.1) is 18.2 Å². The smallest absolute Gasteiger partial charge is 0.256 e. The lowest BCUT2D eigenvalue weighted by Gasteiger charge is -2.23. The number of anilines is 1. The number of nitrogen functional groups attached to an aromatic ring is 1. The second-order valence-electron chi connectivity index (χ2n) is 4.21. The van der Waals surface area contributed by atoms with Gasteiger partial charge in [-0.2, -0.15) is 0 Å². The van der Waals surface area contributed by atoms with Crippen LogP contribution in [0.25, 0.3) is 0 Å².